The van der Waals surface area contributed by atoms with Crippen molar-refractivity contribution in [3.8, 4) is 0 Å². The second-order valence-electron chi connectivity index (χ2n) is 4.61. The maximum absolute atomic E-state index is 12.5. The lowest BCUT2D eigenvalue weighted by Crippen LogP contribution is -2.14. The molecule has 2 aromatic carbocycles. The van der Waals surface area contributed by atoms with Gasteiger partial charge in [-0.1, -0.05) is 35.0 Å². The molecule has 0 bridgehead atoms. The van der Waals surface area contributed by atoms with Crippen molar-refractivity contribution >= 4 is 31.6 Å². The van der Waals surface area contributed by atoms with Gasteiger partial charge in [0.25, 0.3) is 10.0 Å². The van der Waals surface area contributed by atoms with E-state index in [0.717, 1.165) is 22.0 Å². The second kappa shape index (κ2) is 6.60. The van der Waals surface area contributed by atoms with Gasteiger partial charge in [-0.25, -0.2) is 8.42 Å². The first-order chi connectivity index (χ1) is 9.96. The van der Waals surface area contributed by atoms with Crippen molar-refractivity contribution < 1.29 is 8.42 Å². The predicted octanol–water partition coefficient (Wildman–Crippen LogP) is 3.27. The number of benzene rings is 2. The number of halogens is 1. The molecule has 0 spiro atoms. The van der Waals surface area contributed by atoms with Gasteiger partial charge in [-0.05, 0) is 47.9 Å². The molecule has 0 aromatic heterocycles. The summed E-state index contributed by atoms with van der Waals surface area (Å²) in [5.74, 6) is 0. The van der Waals surface area contributed by atoms with Crippen molar-refractivity contribution in [1.29, 1.82) is 0 Å². The van der Waals surface area contributed by atoms with Gasteiger partial charge in [0.05, 0.1) is 10.6 Å². The van der Waals surface area contributed by atoms with Crippen LogP contribution in [0, 0.1) is 0 Å². The lowest BCUT2D eigenvalue weighted by molar-refractivity contribution is 0.601. The number of aryl methyl sites for hydroxylation is 1. The molecule has 6 heteroatoms. The van der Waals surface area contributed by atoms with Crippen molar-refractivity contribution in [2.24, 2.45) is 5.73 Å². The Morgan fingerprint density at radius 1 is 1.19 bits per heavy atom. The fraction of sp³-hybridized carbons (Fsp3) is 0.200. The Bertz CT molecular complexity index is 745. The molecule has 0 amide bonds. The largest absolute Gasteiger partial charge is 0.326 e. The molecular weight excluding hydrogens is 352 g/mol. The second-order valence-corrected chi connectivity index (χ2v) is 7.21. The average molecular weight is 369 g/mol. The lowest BCUT2D eigenvalue weighted by atomic mass is 10.1. The number of anilines is 1. The van der Waals surface area contributed by atoms with Gasteiger partial charge in [0.1, 0.15) is 0 Å². The zero-order valence-electron chi connectivity index (χ0n) is 11.6. The Balaban J connectivity index is 2.37. The molecule has 0 aliphatic rings. The van der Waals surface area contributed by atoms with Gasteiger partial charge < -0.3 is 5.73 Å². The van der Waals surface area contributed by atoms with E-state index in [1.165, 1.54) is 0 Å². The molecule has 4 nitrogen and oxygen atoms in total. The molecule has 0 saturated heterocycles. The molecule has 0 atom stereocenters. The molecule has 2 rings (SSSR count). The molecule has 21 heavy (non-hydrogen) atoms. The van der Waals surface area contributed by atoms with Gasteiger partial charge in [-0.3, -0.25) is 4.72 Å². The van der Waals surface area contributed by atoms with E-state index in [1.807, 2.05) is 19.1 Å². The van der Waals surface area contributed by atoms with Gasteiger partial charge >= 0.3 is 0 Å². The van der Waals surface area contributed by atoms with Crippen LogP contribution in [0.5, 0.6) is 0 Å². The van der Waals surface area contributed by atoms with E-state index in [9.17, 15) is 8.42 Å². The number of hydrogen-bond acceptors (Lipinski definition) is 3. The smallest absolute Gasteiger partial charge is 0.261 e. The molecule has 3 N–H and O–H groups in total. The molecular formula is C15H17BrN2O2S. The Morgan fingerprint density at radius 3 is 2.62 bits per heavy atom. The van der Waals surface area contributed by atoms with Crippen LogP contribution in [-0.4, -0.2) is 8.42 Å². The van der Waals surface area contributed by atoms with Crippen LogP contribution in [0.25, 0.3) is 0 Å². The number of hydrogen-bond donors (Lipinski definition) is 2. The molecule has 2 aromatic rings. The minimum absolute atomic E-state index is 0.218. The fourth-order valence-corrected chi connectivity index (χ4v) is 3.58. The summed E-state index contributed by atoms with van der Waals surface area (Å²) < 4.78 is 28.5. The molecule has 0 fully saturated rings. The fourth-order valence-electron chi connectivity index (χ4n) is 2.00. The highest BCUT2D eigenvalue weighted by Gasteiger charge is 2.16. The van der Waals surface area contributed by atoms with Crippen molar-refractivity contribution in [2.45, 2.75) is 24.8 Å². The zero-order valence-corrected chi connectivity index (χ0v) is 14.0. The van der Waals surface area contributed by atoms with Crippen molar-refractivity contribution in [3.05, 3.63) is 58.1 Å². The number of rotatable bonds is 5. The third-order valence-corrected chi connectivity index (χ3v) is 4.99. The van der Waals surface area contributed by atoms with E-state index < -0.39 is 10.0 Å². The van der Waals surface area contributed by atoms with E-state index in [-0.39, 0.29) is 4.90 Å². The standard InChI is InChI=1S/C15H17BrN2O2S/c1-2-12-9-13(16)6-7-15(12)18-21(19,20)14-5-3-4-11(8-14)10-17/h3-9,18H,2,10,17H2,1H3. The van der Waals surface area contributed by atoms with Gasteiger partial charge in [0.15, 0.2) is 0 Å². The number of nitrogens with two attached hydrogens (primary N) is 1. The molecule has 0 aliphatic carbocycles. The van der Waals surface area contributed by atoms with Crippen molar-refractivity contribution in [3.63, 3.8) is 0 Å². The highest BCUT2D eigenvalue weighted by atomic mass is 79.9. The van der Waals surface area contributed by atoms with Crippen LogP contribution in [0.2, 0.25) is 0 Å². The summed E-state index contributed by atoms with van der Waals surface area (Å²) in [5.41, 5.74) is 7.87. The van der Waals surface area contributed by atoms with Gasteiger partial charge in [0.2, 0.25) is 0 Å². The molecule has 0 heterocycles. The van der Waals surface area contributed by atoms with E-state index in [0.29, 0.717) is 12.2 Å². The van der Waals surface area contributed by atoms with Crippen molar-refractivity contribution in [1.82, 2.24) is 0 Å². The first kappa shape index (κ1) is 16.0. The van der Waals surface area contributed by atoms with E-state index in [2.05, 4.69) is 20.7 Å². The van der Waals surface area contributed by atoms with Gasteiger partial charge in [-0.15, -0.1) is 0 Å². The third-order valence-electron chi connectivity index (χ3n) is 3.14. The minimum Gasteiger partial charge on any atom is -0.326 e. The minimum atomic E-state index is -3.61. The van der Waals surface area contributed by atoms with Crippen LogP contribution in [0.3, 0.4) is 0 Å². The summed E-state index contributed by atoms with van der Waals surface area (Å²) in [4.78, 5) is 0.218. The first-order valence-corrected chi connectivity index (χ1v) is 8.84. The van der Waals surface area contributed by atoms with Crippen LogP contribution >= 0.6 is 15.9 Å². The number of sulfonamides is 1. The average Bonchev–Trinajstić information content (AvgIpc) is 2.49. The predicted molar refractivity (Wildman–Crippen MR) is 88.7 cm³/mol. The molecule has 0 unspecified atom stereocenters. The summed E-state index contributed by atoms with van der Waals surface area (Å²) in [5, 5.41) is 0. The van der Waals surface area contributed by atoms with Gasteiger partial charge in [-0.2, -0.15) is 0 Å². The normalized spacial score (nSPS) is 11.4. The summed E-state index contributed by atoms with van der Waals surface area (Å²) in [6, 6.07) is 12.1. The highest BCUT2D eigenvalue weighted by molar-refractivity contribution is 9.10. The Labute approximate surface area is 133 Å². The third kappa shape index (κ3) is 3.84. The summed E-state index contributed by atoms with van der Waals surface area (Å²) >= 11 is 3.39. The first-order valence-electron chi connectivity index (χ1n) is 6.56. The Morgan fingerprint density at radius 2 is 1.95 bits per heavy atom. The van der Waals surface area contributed by atoms with Gasteiger partial charge in [0, 0.05) is 11.0 Å². The Kier molecular flexibility index (Phi) is 5.03. The van der Waals surface area contributed by atoms with E-state index in [4.69, 9.17) is 5.73 Å². The lowest BCUT2D eigenvalue weighted by Gasteiger charge is -2.12. The van der Waals surface area contributed by atoms with E-state index in [1.54, 1.807) is 30.3 Å². The highest BCUT2D eigenvalue weighted by Crippen LogP contribution is 2.24. The summed E-state index contributed by atoms with van der Waals surface area (Å²) in [6.07, 6.45) is 0.736. The molecule has 0 radical (unpaired) electrons. The molecule has 0 saturated carbocycles. The summed E-state index contributed by atoms with van der Waals surface area (Å²) in [7, 11) is -3.61. The summed E-state index contributed by atoms with van der Waals surface area (Å²) in [6.45, 7) is 2.29. The monoisotopic (exact) mass is 368 g/mol. The van der Waals surface area contributed by atoms with Crippen LogP contribution in [0.15, 0.2) is 51.8 Å². The van der Waals surface area contributed by atoms with Crippen LogP contribution in [0.4, 0.5) is 5.69 Å². The zero-order chi connectivity index (χ0) is 15.5. The maximum atomic E-state index is 12.5. The topological polar surface area (TPSA) is 72.2 Å². The number of nitrogens with one attached hydrogen (secondary N) is 1. The Hall–Kier alpha value is -1.37. The van der Waals surface area contributed by atoms with Crippen molar-refractivity contribution in [2.75, 3.05) is 4.72 Å². The van der Waals surface area contributed by atoms with Crippen LogP contribution in [-0.2, 0) is 23.0 Å². The maximum Gasteiger partial charge on any atom is 0.261 e. The molecule has 0 aliphatic heterocycles. The van der Waals surface area contributed by atoms with E-state index >= 15 is 0 Å². The van der Waals surface area contributed by atoms with Crippen LogP contribution < -0.4 is 10.5 Å². The van der Waals surface area contributed by atoms with Crippen LogP contribution in [0.1, 0.15) is 18.1 Å². The SMILES string of the molecule is CCc1cc(Br)ccc1NS(=O)(=O)c1cccc(CN)c1. The quantitative estimate of drug-likeness (QED) is 0.850. The molecule has 112 valence electrons.